The number of halogens is 4. The van der Waals surface area contributed by atoms with E-state index in [-0.39, 0.29) is 4.47 Å². The second kappa shape index (κ2) is 6.35. The number of hydrogen-bond donors (Lipinski definition) is 1. The van der Waals surface area contributed by atoms with Gasteiger partial charge in [-0.2, -0.15) is 18.3 Å². The third-order valence-electron chi connectivity index (χ3n) is 3.36. The minimum atomic E-state index is -4.47. The lowest BCUT2D eigenvalue weighted by Crippen LogP contribution is -2.37. The van der Waals surface area contributed by atoms with E-state index in [1.165, 1.54) is 6.20 Å². The molecule has 2 rings (SSSR count). The summed E-state index contributed by atoms with van der Waals surface area (Å²) < 4.78 is 37.6. The molecule has 1 aromatic rings. The third kappa shape index (κ3) is 4.19. The normalized spacial score (nSPS) is 19.0. The van der Waals surface area contributed by atoms with Crippen LogP contribution in [0.3, 0.4) is 0 Å². The molecule has 0 aliphatic carbocycles. The Morgan fingerprint density at radius 3 is 2.86 bits per heavy atom. The minimum absolute atomic E-state index is 0.0993. The van der Waals surface area contributed by atoms with Crippen LogP contribution in [-0.2, 0) is 6.54 Å². The van der Waals surface area contributed by atoms with E-state index in [4.69, 9.17) is 0 Å². The fourth-order valence-corrected chi connectivity index (χ4v) is 2.96. The molecule has 2 heterocycles. The molecule has 1 fully saturated rings. The molecule has 0 aromatic carbocycles. The zero-order valence-electron chi connectivity index (χ0n) is 11.5. The Hall–Kier alpha value is -1.09. The van der Waals surface area contributed by atoms with Crippen LogP contribution in [0.1, 0.15) is 12.8 Å². The molecule has 1 aromatic heterocycles. The van der Waals surface area contributed by atoms with Gasteiger partial charge in [0, 0.05) is 19.6 Å². The van der Waals surface area contributed by atoms with Gasteiger partial charge in [0.05, 0.1) is 11.9 Å². The van der Waals surface area contributed by atoms with Gasteiger partial charge in [-0.1, -0.05) is 0 Å². The van der Waals surface area contributed by atoms with Crippen LogP contribution in [0, 0.1) is 0 Å². The highest BCUT2D eigenvalue weighted by atomic mass is 79.9. The Morgan fingerprint density at radius 2 is 2.29 bits per heavy atom. The van der Waals surface area contributed by atoms with Crippen LogP contribution < -0.4 is 15.8 Å². The molecular formula is C12H16BrF3N4O. The van der Waals surface area contributed by atoms with E-state index in [2.05, 4.69) is 26.3 Å². The summed E-state index contributed by atoms with van der Waals surface area (Å²) in [4.78, 5) is 13.7. The first-order valence-electron chi connectivity index (χ1n) is 6.55. The smallest absolute Gasteiger partial charge is 0.371 e. The summed E-state index contributed by atoms with van der Waals surface area (Å²) >= 11 is 3.09. The predicted octanol–water partition coefficient (Wildman–Crippen LogP) is 1.76. The Kier molecular flexibility index (Phi) is 4.92. The number of nitrogens with one attached hydrogen (secondary N) is 1. The first-order chi connectivity index (χ1) is 9.78. The lowest BCUT2D eigenvalue weighted by molar-refractivity contribution is -0.143. The molecule has 0 spiro atoms. The second-order valence-corrected chi connectivity index (χ2v) is 5.89. The first-order valence-corrected chi connectivity index (χ1v) is 7.34. The van der Waals surface area contributed by atoms with Gasteiger partial charge in [0.15, 0.2) is 0 Å². The highest BCUT2D eigenvalue weighted by Gasteiger charge is 2.30. The molecule has 118 valence electrons. The van der Waals surface area contributed by atoms with Crippen LogP contribution in [-0.4, -0.2) is 42.1 Å². The molecule has 1 saturated heterocycles. The van der Waals surface area contributed by atoms with E-state index in [0.29, 0.717) is 23.0 Å². The quantitative estimate of drug-likeness (QED) is 0.879. The number of likely N-dealkylation sites (N-methyl/N-ethyl adjacent to an activating group) is 1. The molecule has 0 radical (unpaired) electrons. The summed E-state index contributed by atoms with van der Waals surface area (Å²) in [6, 6.07) is 0.319. The van der Waals surface area contributed by atoms with Crippen molar-refractivity contribution in [2.45, 2.75) is 31.6 Å². The second-order valence-electron chi connectivity index (χ2n) is 5.10. The van der Waals surface area contributed by atoms with Crippen molar-refractivity contribution in [1.29, 1.82) is 0 Å². The van der Waals surface area contributed by atoms with Gasteiger partial charge in [-0.25, -0.2) is 4.68 Å². The van der Waals surface area contributed by atoms with Crippen molar-refractivity contribution in [3.05, 3.63) is 21.0 Å². The summed E-state index contributed by atoms with van der Waals surface area (Å²) in [7, 11) is 1.79. The monoisotopic (exact) mass is 368 g/mol. The molecule has 21 heavy (non-hydrogen) atoms. The summed E-state index contributed by atoms with van der Waals surface area (Å²) in [5.41, 5.74) is -0.289. The van der Waals surface area contributed by atoms with Gasteiger partial charge in [-0.05, 0) is 35.3 Å². The molecule has 0 amide bonds. The highest BCUT2D eigenvalue weighted by Crippen LogP contribution is 2.22. The van der Waals surface area contributed by atoms with Crippen LogP contribution in [0.4, 0.5) is 18.9 Å². The summed E-state index contributed by atoms with van der Waals surface area (Å²) in [5, 5.41) is 6.94. The highest BCUT2D eigenvalue weighted by molar-refractivity contribution is 9.10. The number of nitrogens with zero attached hydrogens (tertiary/aromatic N) is 3. The van der Waals surface area contributed by atoms with Gasteiger partial charge in [0.1, 0.15) is 11.0 Å². The van der Waals surface area contributed by atoms with Crippen molar-refractivity contribution in [3.8, 4) is 0 Å². The van der Waals surface area contributed by atoms with Gasteiger partial charge < -0.3 is 10.2 Å². The Balaban J connectivity index is 2.17. The number of aromatic nitrogens is 2. The van der Waals surface area contributed by atoms with Crippen LogP contribution >= 0.6 is 15.9 Å². The van der Waals surface area contributed by atoms with Crippen molar-refractivity contribution in [3.63, 3.8) is 0 Å². The average molecular weight is 369 g/mol. The molecule has 1 unspecified atom stereocenters. The van der Waals surface area contributed by atoms with Crippen LogP contribution in [0.5, 0.6) is 0 Å². The maximum atomic E-state index is 12.3. The Bertz CT molecular complexity index is 554. The lowest BCUT2D eigenvalue weighted by Gasteiger charge is -2.24. The third-order valence-corrected chi connectivity index (χ3v) is 4.11. The van der Waals surface area contributed by atoms with Crippen molar-refractivity contribution < 1.29 is 13.2 Å². The summed E-state index contributed by atoms with van der Waals surface area (Å²) in [6.07, 6.45) is -1.05. The summed E-state index contributed by atoms with van der Waals surface area (Å²) in [5.74, 6) is 0. The number of rotatable bonds is 4. The number of hydrogen-bond acceptors (Lipinski definition) is 4. The van der Waals surface area contributed by atoms with E-state index < -0.39 is 18.3 Å². The molecule has 0 saturated carbocycles. The van der Waals surface area contributed by atoms with Crippen LogP contribution in [0.2, 0.25) is 0 Å². The maximum absolute atomic E-state index is 12.3. The summed E-state index contributed by atoms with van der Waals surface area (Å²) in [6.45, 7) is 0.243. The van der Waals surface area contributed by atoms with E-state index >= 15 is 0 Å². The Morgan fingerprint density at radius 1 is 1.57 bits per heavy atom. The minimum Gasteiger partial charge on any atom is -0.371 e. The molecule has 0 bridgehead atoms. The predicted molar refractivity (Wildman–Crippen MR) is 76.5 cm³/mol. The molecule has 9 heteroatoms. The fourth-order valence-electron chi connectivity index (χ4n) is 2.35. The first kappa shape index (κ1) is 16.3. The van der Waals surface area contributed by atoms with Gasteiger partial charge in [0.25, 0.3) is 5.56 Å². The molecule has 1 N–H and O–H groups in total. The van der Waals surface area contributed by atoms with E-state index in [1.807, 2.05) is 4.90 Å². The van der Waals surface area contributed by atoms with Crippen LogP contribution in [0.15, 0.2) is 15.5 Å². The average Bonchev–Trinajstić information content (AvgIpc) is 2.86. The molecular weight excluding hydrogens is 353 g/mol. The van der Waals surface area contributed by atoms with Gasteiger partial charge >= 0.3 is 6.18 Å². The number of alkyl halides is 3. The van der Waals surface area contributed by atoms with Crippen molar-refractivity contribution in [2.24, 2.45) is 0 Å². The van der Waals surface area contributed by atoms with Gasteiger partial charge in [0.2, 0.25) is 0 Å². The van der Waals surface area contributed by atoms with Crippen molar-refractivity contribution in [2.75, 3.05) is 25.0 Å². The van der Waals surface area contributed by atoms with Crippen molar-refractivity contribution in [1.82, 2.24) is 15.1 Å². The van der Waals surface area contributed by atoms with E-state index in [0.717, 1.165) is 19.4 Å². The Labute approximate surface area is 128 Å². The van der Waals surface area contributed by atoms with E-state index in [9.17, 15) is 18.0 Å². The van der Waals surface area contributed by atoms with Gasteiger partial charge in [-0.3, -0.25) is 4.79 Å². The number of anilines is 1. The van der Waals surface area contributed by atoms with Crippen molar-refractivity contribution >= 4 is 21.6 Å². The topological polar surface area (TPSA) is 50.2 Å². The maximum Gasteiger partial charge on any atom is 0.408 e. The lowest BCUT2D eigenvalue weighted by atomic mass is 10.2. The molecule has 1 aliphatic rings. The van der Waals surface area contributed by atoms with E-state index in [1.54, 1.807) is 7.05 Å². The molecule has 1 aliphatic heterocycles. The molecule has 5 nitrogen and oxygen atoms in total. The SMILES string of the molecule is CN(CC1CCCN1)c1cnn(CC(F)(F)F)c(=O)c1Br. The fraction of sp³-hybridized carbons (Fsp3) is 0.667. The van der Waals surface area contributed by atoms with Crippen LogP contribution in [0.25, 0.3) is 0 Å². The standard InChI is InChI=1S/C12H16BrF3N4O/c1-19(6-8-3-2-4-17-8)9-5-18-20(7-12(14,15)16)11(21)10(9)13/h5,8,17H,2-4,6-7H2,1H3. The zero-order valence-corrected chi connectivity index (χ0v) is 13.0. The largest absolute Gasteiger partial charge is 0.408 e. The van der Waals surface area contributed by atoms with Gasteiger partial charge in [-0.15, -0.1) is 0 Å². The zero-order chi connectivity index (χ0) is 15.6. The molecule has 1 atom stereocenters.